The molecule has 20 heavy (non-hydrogen) atoms. The molecule has 0 saturated heterocycles. The average molecular weight is 278 g/mol. The summed E-state index contributed by atoms with van der Waals surface area (Å²) in [5.41, 5.74) is 0.945. The summed E-state index contributed by atoms with van der Waals surface area (Å²) in [5, 5.41) is 0. The van der Waals surface area contributed by atoms with Gasteiger partial charge in [0.25, 0.3) is 0 Å². The third kappa shape index (κ3) is 4.04. The lowest BCUT2D eigenvalue weighted by Gasteiger charge is -2.26. The summed E-state index contributed by atoms with van der Waals surface area (Å²) in [6.07, 6.45) is 2.57. The second kappa shape index (κ2) is 6.35. The summed E-state index contributed by atoms with van der Waals surface area (Å²) in [6.45, 7) is 3.14. The molecule has 1 aromatic carbocycles. The number of rotatable bonds is 6. The van der Waals surface area contributed by atoms with Gasteiger partial charge in [-0.3, -0.25) is 9.69 Å². The van der Waals surface area contributed by atoms with Crippen molar-refractivity contribution in [1.29, 1.82) is 0 Å². The molecule has 0 N–H and O–H groups in total. The van der Waals surface area contributed by atoms with Gasteiger partial charge in [-0.05, 0) is 50.4 Å². The minimum atomic E-state index is -0.249. The van der Waals surface area contributed by atoms with Crippen LogP contribution in [-0.2, 0) is 11.3 Å². The van der Waals surface area contributed by atoms with Crippen LogP contribution in [-0.4, -0.2) is 42.4 Å². The Balaban J connectivity index is 1.83. The maximum absolute atomic E-state index is 12.8. The molecule has 0 bridgehead atoms. The van der Waals surface area contributed by atoms with E-state index in [9.17, 15) is 9.18 Å². The lowest BCUT2D eigenvalue weighted by molar-refractivity contribution is -0.131. The van der Waals surface area contributed by atoms with Crippen molar-refractivity contribution < 1.29 is 9.18 Å². The summed E-state index contributed by atoms with van der Waals surface area (Å²) in [6, 6.07) is 6.76. The average Bonchev–Trinajstić information content (AvgIpc) is 3.24. The van der Waals surface area contributed by atoms with Crippen molar-refractivity contribution in [2.75, 3.05) is 20.6 Å². The summed E-state index contributed by atoms with van der Waals surface area (Å²) < 4.78 is 12.8. The van der Waals surface area contributed by atoms with Crippen molar-refractivity contribution >= 4 is 5.91 Å². The molecule has 1 amide bonds. The van der Waals surface area contributed by atoms with Crippen LogP contribution >= 0.6 is 0 Å². The molecule has 1 aliphatic carbocycles. The van der Waals surface area contributed by atoms with E-state index in [0.29, 0.717) is 19.1 Å². The molecule has 1 aliphatic rings. The van der Waals surface area contributed by atoms with Crippen LogP contribution in [0.3, 0.4) is 0 Å². The molecule has 0 radical (unpaired) electrons. The van der Waals surface area contributed by atoms with E-state index in [2.05, 4.69) is 11.8 Å². The number of amides is 1. The van der Waals surface area contributed by atoms with Crippen LogP contribution in [0.2, 0.25) is 0 Å². The third-order valence-corrected chi connectivity index (χ3v) is 4.14. The SMILES string of the molecule is CC(C1CC1)N(C)CC(=O)N(C)Cc1ccc(F)cc1. The van der Waals surface area contributed by atoms with Crippen LogP contribution in [0.15, 0.2) is 24.3 Å². The van der Waals surface area contributed by atoms with Crippen molar-refractivity contribution in [3.8, 4) is 0 Å². The maximum Gasteiger partial charge on any atom is 0.236 e. The zero-order valence-electron chi connectivity index (χ0n) is 12.5. The Morgan fingerprint density at radius 1 is 1.30 bits per heavy atom. The van der Waals surface area contributed by atoms with Gasteiger partial charge in [-0.25, -0.2) is 4.39 Å². The zero-order chi connectivity index (χ0) is 14.7. The Morgan fingerprint density at radius 3 is 2.45 bits per heavy atom. The van der Waals surface area contributed by atoms with Gasteiger partial charge in [-0.15, -0.1) is 0 Å². The van der Waals surface area contributed by atoms with Gasteiger partial charge in [-0.1, -0.05) is 12.1 Å². The molecule has 1 fully saturated rings. The minimum absolute atomic E-state index is 0.101. The van der Waals surface area contributed by atoms with E-state index in [1.165, 1.54) is 25.0 Å². The van der Waals surface area contributed by atoms with Gasteiger partial charge < -0.3 is 4.90 Å². The van der Waals surface area contributed by atoms with Gasteiger partial charge in [0, 0.05) is 19.6 Å². The zero-order valence-corrected chi connectivity index (χ0v) is 12.5. The van der Waals surface area contributed by atoms with E-state index in [1.807, 2.05) is 7.05 Å². The molecule has 1 unspecified atom stereocenters. The first kappa shape index (κ1) is 15.0. The van der Waals surface area contributed by atoms with E-state index in [0.717, 1.165) is 11.5 Å². The van der Waals surface area contributed by atoms with E-state index >= 15 is 0 Å². The summed E-state index contributed by atoms with van der Waals surface area (Å²) in [5.74, 6) is 0.611. The molecule has 0 heterocycles. The predicted molar refractivity (Wildman–Crippen MR) is 77.7 cm³/mol. The Morgan fingerprint density at radius 2 is 1.90 bits per heavy atom. The van der Waals surface area contributed by atoms with Gasteiger partial charge >= 0.3 is 0 Å². The first-order valence-corrected chi connectivity index (χ1v) is 7.16. The number of hydrogen-bond donors (Lipinski definition) is 0. The molecule has 1 saturated carbocycles. The van der Waals surface area contributed by atoms with Gasteiger partial charge in [-0.2, -0.15) is 0 Å². The van der Waals surface area contributed by atoms with Gasteiger partial charge in [0.1, 0.15) is 5.82 Å². The van der Waals surface area contributed by atoms with Crippen molar-refractivity contribution in [3.63, 3.8) is 0 Å². The number of nitrogens with zero attached hydrogens (tertiary/aromatic N) is 2. The van der Waals surface area contributed by atoms with Gasteiger partial charge in [0.15, 0.2) is 0 Å². The lowest BCUT2D eigenvalue weighted by atomic mass is 10.2. The number of hydrogen-bond acceptors (Lipinski definition) is 2. The molecular formula is C16H23FN2O. The van der Waals surface area contributed by atoms with Crippen LogP contribution in [0.5, 0.6) is 0 Å². The second-order valence-electron chi connectivity index (χ2n) is 5.87. The van der Waals surface area contributed by atoms with Crippen LogP contribution in [0.4, 0.5) is 4.39 Å². The molecule has 2 rings (SSSR count). The maximum atomic E-state index is 12.8. The Hall–Kier alpha value is -1.42. The van der Waals surface area contributed by atoms with Crippen LogP contribution in [0.1, 0.15) is 25.3 Å². The lowest BCUT2D eigenvalue weighted by Crippen LogP contribution is -2.40. The Kier molecular flexibility index (Phi) is 4.76. The molecule has 0 aromatic heterocycles. The van der Waals surface area contributed by atoms with E-state index in [1.54, 1.807) is 24.1 Å². The van der Waals surface area contributed by atoms with Crippen molar-refractivity contribution in [3.05, 3.63) is 35.6 Å². The van der Waals surface area contributed by atoms with Crippen molar-refractivity contribution in [2.24, 2.45) is 5.92 Å². The highest BCUT2D eigenvalue weighted by Crippen LogP contribution is 2.34. The monoisotopic (exact) mass is 278 g/mol. The molecule has 110 valence electrons. The largest absolute Gasteiger partial charge is 0.340 e. The quantitative estimate of drug-likeness (QED) is 0.798. The highest BCUT2D eigenvalue weighted by molar-refractivity contribution is 5.78. The fourth-order valence-electron chi connectivity index (χ4n) is 2.37. The molecule has 4 heteroatoms. The Bertz CT molecular complexity index is 456. The van der Waals surface area contributed by atoms with Gasteiger partial charge in [0.2, 0.25) is 5.91 Å². The highest BCUT2D eigenvalue weighted by Gasteiger charge is 2.31. The fourth-order valence-corrected chi connectivity index (χ4v) is 2.37. The highest BCUT2D eigenvalue weighted by atomic mass is 19.1. The summed E-state index contributed by atoms with van der Waals surface area (Å²) in [4.78, 5) is 16.0. The first-order valence-electron chi connectivity index (χ1n) is 7.16. The van der Waals surface area contributed by atoms with Crippen LogP contribution < -0.4 is 0 Å². The molecular weight excluding hydrogens is 255 g/mol. The Labute approximate surface area is 120 Å². The number of carbonyl (C=O) groups excluding carboxylic acids is 1. The fraction of sp³-hybridized carbons (Fsp3) is 0.562. The first-order chi connectivity index (χ1) is 9.47. The normalized spacial score (nSPS) is 16.2. The smallest absolute Gasteiger partial charge is 0.236 e. The van der Waals surface area contributed by atoms with Crippen molar-refractivity contribution in [2.45, 2.75) is 32.4 Å². The number of carbonyl (C=O) groups is 1. The second-order valence-corrected chi connectivity index (χ2v) is 5.87. The predicted octanol–water partition coefficient (Wildman–Crippen LogP) is 2.51. The molecule has 0 aliphatic heterocycles. The number of halogens is 1. The van der Waals surface area contributed by atoms with Crippen LogP contribution in [0.25, 0.3) is 0 Å². The standard InChI is InChI=1S/C16H23FN2O/c1-12(14-6-7-14)18(2)11-16(20)19(3)10-13-4-8-15(17)9-5-13/h4-5,8-9,12,14H,6-7,10-11H2,1-3H3. The molecule has 1 aromatic rings. The topological polar surface area (TPSA) is 23.6 Å². The molecule has 1 atom stereocenters. The number of benzene rings is 1. The van der Waals surface area contributed by atoms with E-state index in [-0.39, 0.29) is 11.7 Å². The summed E-state index contributed by atoms with van der Waals surface area (Å²) in [7, 11) is 3.80. The third-order valence-electron chi connectivity index (χ3n) is 4.14. The molecule has 0 spiro atoms. The van der Waals surface area contributed by atoms with Crippen molar-refractivity contribution in [1.82, 2.24) is 9.80 Å². The van der Waals surface area contributed by atoms with E-state index < -0.39 is 0 Å². The summed E-state index contributed by atoms with van der Waals surface area (Å²) >= 11 is 0. The number of likely N-dealkylation sites (N-methyl/N-ethyl adjacent to an activating group) is 2. The minimum Gasteiger partial charge on any atom is -0.340 e. The molecule has 3 nitrogen and oxygen atoms in total. The van der Waals surface area contributed by atoms with Gasteiger partial charge in [0.05, 0.1) is 6.54 Å². The van der Waals surface area contributed by atoms with E-state index in [4.69, 9.17) is 0 Å². The van der Waals surface area contributed by atoms with Crippen LogP contribution in [0, 0.1) is 11.7 Å².